The Kier molecular flexibility index (Phi) is 5.27. The van der Waals surface area contributed by atoms with E-state index in [1.807, 2.05) is 11.8 Å². The highest BCUT2D eigenvalue weighted by molar-refractivity contribution is 5.97. The molecule has 2 fully saturated rings. The standard InChI is InChI=1S/C22H26FN3O4/c1-12(9-24)13-4-3-7-25(10-13)19-17(23)8-15-18(21(19)30-2)26(14-5-6-14)11-16(20(15)27)22(28)29/h8,11,14H,3-7,9-10,24H2,1-2H3,(H,28,29)/b13-12+. The zero-order valence-corrected chi connectivity index (χ0v) is 17.2. The van der Waals surface area contributed by atoms with Crippen LogP contribution >= 0.6 is 0 Å². The lowest BCUT2D eigenvalue weighted by atomic mass is 9.98. The van der Waals surface area contributed by atoms with Crippen LogP contribution in [0.15, 0.2) is 28.2 Å². The summed E-state index contributed by atoms with van der Waals surface area (Å²) in [6.45, 7) is 3.65. The Morgan fingerprint density at radius 2 is 2.13 bits per heavy atom. The molecule has 0 radical (unpaired) electrons. The second-order valence-corrected chi connectivity index (χ2v) is 8.07. The van der Waals surface area contributed by atoms with Crippen molar-refractivity contribution in [1.82, 2.24) is 4.57 Å². The molecule has 0 unspecified atom stereocenters. The van der Waals surface area contributed by atoms with Crippen molar-refractivity contribution in [2.75, 3.05) is 31.6 Å². The number of methoxy groups -OCH3 is 1. The molecule has 0 bridgehead atoms. The highest BCUT2D eigenvalue weighted by atomic mass is 19.1. The lowest BCUT2D eigenvalue weighted by Gasteiger charge is -2.33. The van der Waals surface area contributed by atoms with E-state index in [9.17, 15) is 14.7 Å². The number of benzene rings is 1. The molecule has 0 spiro atoms. The summed E-state index contributed by atoms with van der Waals surface area (Å²) >= 11 is 0. The quantitative estimate of drug-likeness (QED) is 0.729. The molecule has 0 amide bonds. The smallest absolute Gasteiger partial charge is 0.341 e. The largest absolute Gasteiger partial charge is 0.492 e. The average Bonchev–Trinajstić information content (AvgIpc) is 3.58. The maximum absolute atomic E-state index is 15.4. The van der Waals surface area contributed by atoms with E-state index in [-0.39, 0.29) is 22.7 Å². The van der Waals surface area contributed by atoms with Crippen molar-refractivity contribution in [3.63, 3.8) is 0 Å². The predicted molar refractivity (Wildman–Crippen MR) is 113 cm³/mol. The zero-order valence-electron chi connectivity index (χ0n) is 17.2. The summed E-state index contributed by atoms with van der Waals surface area (Å²) in [5, 5.41) is 9.48. The van der Waals surface area contributed by atoms with Gasteiger partial charge in [-0.1, -0.05) is 11.1 Å². The molecule has 2 aromatic rings. The van der Waals surface area contributed by atoms with Gasteiger partial charge in [-0.25, -0.2) is 9.18 Å². The first-order valence-corrected chi connectivity index (χ1v) is 10.2. The van der Waals surface area contributed by atoms with Gasteiger partial charge in [-0.3, -0.25) is 4.79 Å². The van der Waals surface area contributed by atoms with Crippen LogP contribution in [0.25, 0.3) is 10.9 Å². The third kappa shape index (κ3) is 3.35. The third-order valence-corrected chi connectivity index (χ3v) is 6.09. The van der Waals surface area contributed by atoms with Crippen LogP contribution in [0.5, 0.6) is 5.75 Å². The molecule has 8 heteroatoms. The number of fused-ring (bicyclic) bond motifs is 1. The molecule has 30 heavy (non-hydrogen) atoms. The van der Waals surface area contributed by atoms with Crippen molar-refractivity contribution in [2.24, 2.45) is 5.73 Å². The summed E-state index contributed by atoms with van der Waals surface area (Å²) in [7, 11) is 1.45. The highest BCUT2D eigenvalue weighted by Crippen LogP contribution is 2.44. The number of ether oxygens (including phenoxy) is 1. The number of hydrogen-bond acceptors (Lipinski definition) is 5. The van der Waals surface area contributed by atoms with E-state index in [1.165, 1.54) is 18.9 Å². The minimum Gasteiger partial charge on any atom is -0.492 e. The Balaban J connectivity index is 1.97. The van der Waals surface area contributed by atoms with Crippen LogP contribution in [0.2, 0.25) is 0 Å². The second-order valence-electron chi connectivity index (χ2n) is 8.07. The van der Waals surface area contributed by atoms with Gasteiger partial charge < -0.3 is 25.0 Å². The Morgan fingerprint density at radius 1 is 1.40 bits per heavy atom. The van der Waals surface area contributed by atoms with Gasteiger partial charge in [-0.2, -0.15) is 0 Å². The number of aromatic carboxylic acids is 1. The number of rotatable bonds is 5. The first-order valence-electron chi connectivity index (χ1n) is 10.2. The first kappa shape index (κ1) is 20.4. The second kappa shape index (κ2) is 7.75. The first-order chi connectivity index (χ1) is 14.4. The fraction of sp³-hybridized carbons (Fsp3) is 0.455. The van der Waals surface area contributed by atoms with Gasteiger partial charge in [0.1, 0.15) is 11.3 Å². The van der Waals surface area contributed by atoms with E-state index in [0.717, 1.165) is 37.3 Å². The Bertz CT molecular complexity index is 1120. The van der Waals surface area contributed by atoms with Crippen molar-refractivity contribution in [3.05, 3.63) is 45.0 Å². The SMILES string of the molecule is COc1c(N2CCC/C(=C(/C)CN)C2)c(F)cc2c(=O)c(C(=O)O)cn(C3CC3)c12. The van der Waals surface area contributed by atoms with E-state index in [4.69, 9.17) is 10.5 Å². The van der Waals surface area contributed by atoms with Crippen LogP contribution in [0, 0.1) is 5.82 Å². The number of carboxylic acids is 1. The lowest BCUT2D eigenvalue weighted by Crippen LogP contribution is -2.33. The van der Waals surface area contributed by atoms with Gasteiger partial charge in [0.25, 0.3) is 0 Å². The minimum atomic E-state index is -1.32. The topological polar surface area (TPSA) is 97.8 Å². The monoisotopic (exact) mass is 415 g/mol. The number of carboxylic acid groups (broad SMARTS) is 1. The van der Waals surface area contributed by atoms with Crippen LogP contribution in [0.1, 0.15) is 49.0 Å². The fourth-order valence-corrected chi connectivity index (χ4v) is 4.28. The number of aromatic nitrogens is 1. The van der Waals surface area contributed by atoms with Gasteiger partial charge in [0, 0.05) is 31.9 Å². The Morgan fingerprint density at radius 3 is 2.73 bits per heavy atom. The van der Waals surface area contributed by atoms with E-state index >= 15 is 4.39 Å². The minimum absolute atomic E-state index is 0.0332. The molecule has 2 heterocycles. The van der Waals surface area contributed by atoms with Crippen LogP contribution in [-0.2, 0) is 0 Å². The molecular weight excluding hydrogens is 389 g/mol. The van der Waals surface area contributed by atoms with Gasteiger partial charge >= 0.3 is 5.97 Å². The molecule has 2 aliphatic rings. The molecule has 4 rings (SSSR count). The maximum atomic E-state index is 15.4. The van der Waals surface area contributed by atoms with Crippen molar-refractivity contribution >= 4 is 22.6 Å². The maximum Gasteiger partial charge on any atom is 0.341 e. The molecule has 160 valence electrons. The molecule has 1 aromatic heterocycles. The van der Waals surface area contributed by atoms with Crippen LogP contribution in [-0.4, -0.2) is 42.4 Å². The number of halogens is 1. The molecule has 1 saturated heterocycles. The van der Waals surface area contributed by atoms with Crippen molar-refractivity contribution in [1.29, 1.82) is 0 Å². The zero-order chi connectivity index (χ0) is 21.6. The van der Waals surface area contributed by atoms with Crippen molar-refractivity contribution in [2.45, 2.75) is 38.6 Å². The summed E-state index contributed by atoms with van der Waals surface area (Å²) in [5.74, 6) is -1.63. The molecule has 1 saturated carbocycles. The highest BCUT2D eigenvalue weighted by Gasteiger charge is 2.32. The molecule has 3 N–H and O–H groups in total. The van der Waals surface area contributed by atoms with Crippen LogP contribution in [0.3, 0.4) is 0 Å². The molecular formula is C22H26FN3O4. The number of pyridine rings is 1. The van der Waals surface area contributed by atoms with E-state index in [2.05, 4.69) is 0 Å². The summed E-state index contributed by atoms with van der Waals surface area (Å²) in [6, 6.07) is 1.24. The summed E-state index contributed by atoms with van der Waals surface area (Å²) in [4.78, 5) is 26.3. The number of nitrogens with zero attached hydrogens (tertiary/aromatic N) is 2. The fourth-order valence-electron chi connectivity index (χ4n) is 4.28. The summed E-state index contributed by atoms with van der Waals surface area (Å²) in [6.07, 6.45) is 4.90. The molecule has 0 atom stereocenters. The molecule has 1 aliphatic carbocycles. The van der Waals surface area contributed by atoms with Crippen LogP contribution < -0.4 is 20.8 Å². The van der Waals surface area contributed by atoms with Gasteiger partial charge in [0.05, 0.1) is 18.0 Å². The molecule has 1 aromatic carbocycles. The van der Waals surface area contributed by atoms with Gasteiger partial charge in [0.15, 0.2) is 11.6 Å². The lowest BCUT2D eigenvalue weighted by molar-refractivity contribution is 0.0695. The number of nitrogens with two attached hydrogens (primary N) is 1. The molecule has 7 nitrogen and oxygen atoms in total. The van der Waals surface area contributed by atoms with E-state index < -0.39 is 17.2 Å². The van der Waals surface area contributed by atoms with Crippen molar-refractivity contribution < 1.29 is 19.0 Å². The van der Waals surface area contributed by atoms with E-state index in [1.54, 1.807) is 4.57 Å². The average molecular weight is 415 g/mol. The Hall–Kier alpha value is -2.87. The summed E-state index contributed by atoms with van der Waals surface area (Å²) < 4.78 is 22.8. The predicted octanol–water partition coefficient (Wildman–Crippen LogP) is 3.06. The Labute approximate surface area is 173 Å². The van der Waals surface area contributed by atoms with Crippen molar-refractivity contribution in [3.8, 4) is 5.75 Å². The normalized spacial score (nSPS) is 18.6. The number of hydrogen-bond donors (Lipinski definition) is 2. The van der Waals surface area contributed by atoms with Crippen LogP contribution in [0.4, 0.5) is 10.1 Å². The van der Waals surface area contributed by atoms with Gasteiger partial charge in [-0.05, 0) is 38.7 Å². The summed E-state index contributed by atoms with van der Waals surface area (Å²) in [5.41, 5.74) is 7.80. The van der Waals surface area contributed by atoms with Gasteiger partial charge in [0.2, 0.25) is 5.43 Å². The third-order valence-electron chi connectivity index (χ3n) is 6.09. The number of anilines is 1. The number of carbonyl (C=O) groups is 1. The van der Waals surface area contributed by atoms with Gasteiger partial charge in [-0.15, -0.1) is 0 Å². The number of piperidine rings is 1. The molecule has 1 aliphatic heterocycles. The van der Waals surface area contributed by atoms with E-state index in [0.29, 0.717) is 30.8 Å².